The summed E-state index contributed by atoms with van der Waals surface area (Å²) in [6.07, 6.45) is 1.16. The number of anilines is 1. The highest BCUT2D eigenvalue weighted by atomic mass is 31.1. The van der Waals surface area contributed by atoms with Gasteiger partial charge in [0.15, 0.2) is 7.80 Å². The zero-order valence-corrected chi connectivity index (χ0v) is 19.5. The highest BCUT2D eigenvalue weighted by Crippen LogP contribution is 2.36. The van der Waals surface area contributed by atoms with Gasteiger partial charge in [-0.1, -0.05) is 36.8 Å². The van der Waals surface area contributed by atoms with Crippen molar-refractivity contribution in [2.75, 3.05) is 45.3 Å². The Morgan fingerprint density at radius 1 is 1.07 bits per heavy atom. The molecule has 0 spiro atoms. The third-order valence-electron chi connectivity index (χ3n) is 6.19. The molecule has 3 rings (SSSR count). The van der Waals surface area contributed by atoms with Crippen LogP contribution in [0.25, 0.3) is 0 Å². The van der Waals surface area contributed by atoms with Gasteiger partial charge in [0.05, 0.1) is 18.8 Å². The highest BCUT2D eigenvalue weighted by molar-refractivity contribution is 7.71. The molecule has 1 heterocycles. The van der Waals surface area contributed by atoms with Crippen molar-refractivity contribution >= 4 is 24.3 Å². The third-order valence-corrected chi connectivity index (χ3v) is 7.93. The van der Waals surface area contributed by atoms with E-state index in [4.69, 9.17) is 4.74 Å². The predicted molar refractivity (Wildman–Crippen MR) is 125 cm³/mol. The second-order valence-corrected chi connectivity index (χ2v) is 9.94. The average Bonchev–Trinajstić information content (AvgIpc) is 2.78. The molecule has 1 aliphatic heterocycles. The van der Waals surface area contributed by atoms with E-state index in [0.29, 0.717) is 18.1 Å². The van der Waals surface area contributed by atoms with Crippen LogP contribution in [0.3, 0.4) is 0 Å². The van der Waals surface area contributed by atoms with Crippen LogP contribution in [0.5, 0.6) is 0 Å². The highest BCUT2D eigenvalue weighted by Gasteiger charge is 2.42. The van der Waals surface area contributed by atoms with Crippen molar-refractivity contribution in [2.24, 2.45) is 0 Å². The topological polar surface area (TPSA) is 49.9 Å². The number of carbonyl (C=O) groups is 1. The molecule has 0 aromatic heterocycles. The monoisotopic (exact) mass is 428 g/mol. The molecular formula is C24H33N2O3P. The van der Waals surface area contributed by atoms with Gasteiger partial charge >= 0.3 is 0 Å². The number of rotatable bonds is 8. The molecular weight excluding hydrogens is 395 g/mol. The maximum atomic E-state index is 13.6. The zero-order valence-electron chi connectivity index (χ0n) is 18.5. The van der Waals surface area contributed by atoms with Gasteiger partial charge in [-0.15, -0.1) is 0 Å². The summed E-state index contributed by atoms with van der Waals surface area (Å²) in [6, 6.07) is 15.9. The lowest BCUT2D eigenvalue weighted by Crippen LogP contribution is -2.51. The first-order chi connectivity index (χ1) is 14.4. The van der Waals surface area contributed by atoms with Gasteiger partial charge in [-0.3, -0.25) is 9.69 Å². The normalized spacial score (nSPS) is 17.6. The molecule has 0 N–H and O–H groups in total. The first-order valence-corrected chi connectivity index (χ1v) is 12.0. The molecule has 0 aliphatic carbocycles. The minimum Gasteiger partial charge on any atom is -0.378 e. The number of aryl methyl sites for hydroxylation is 1. The van der Waals surface area contributed by atoms with Gasteiger partial charge < -0.3 is 14.2 Å². The maximum absolute atomic E-state index is 13.6. The van der Waals surface area contributed by atoms with E-state index in [2.05, 4.69) is 29.2 Å². The number of ether oxygens (including phenoxy) is 1. The zero-order chi connectivity index (χ0) is 21.7. The van der Waals surface area contributed by atoms with Crippen molar-refractivity contribution in [1.29, 1.82) is 0 Å². The second kappa shape index (κ2) is 9.91. The number of carbonyl (C=O) groups excluding carboxylic acids is 1. The quantitative estimate of drug-likeness (QED) is 0.603. The Balaban J connectivity index is 1.82. The second-order valence-electron chi connectivity index (χ2n) is 8.25. The molecule has 1 aliphatic rings. The van der Waals surface area contributed by atoms with Gasteiger partial charge in [-0.25, -0.2) is 0 Å². The van der Waals surface area contributed by atoms with Crippen LogP contribution in [0, 0.1) is 6.92 Å². The molecule has 0 bridgehead atoms. The van der Waals surface area contributed by atoms with Crippen molar-refractivity contribution < 1.29 is 14.1 Å². The van der Waals surface area contributed by atoms with Gasteiger partial charge in [0, 0.05) is 24.1 Å². The largest absolute Gasteiger partial charge is 0.378 e. The summed E-state index contributed by atoms with van der Waals surface area (Å²) in [6.45, 7) is 7.19. The molecule has 0 radical (unpaired) electrons. The van der Waals surface area contributed by atoms with Gasteiger partial charge in [-0.2, -0.15) is 0 Å². The van der Waals surface area contributed by atoms with Crippen molar-refractivity contribution in [3.63, 3.8) is 0 Å². The van der Waals surface area contributed by atoms with Gasteiger partial charge in [0.25, 0.3) is 0 Å². The Morgan fingerprint density at radius 2 is 1.67 bits per heavy atom. The average molecular weight is 429 g/mol. The van der Waals surface area contributed by atoms with Crippen LogP contribution in [0.2, 0.25) is 0 Å². The van der Waals surface area contributed by atoms with E-state index in [-0.39, 0.29) is 5.52 Å². The van der Waals surface area contributed by atoms with Crippen LogP contribution < -0.4 is 10.2 Å². The molecule has 0 amide bonds. The molecule has 0 saturated carbocycles. The maximum Gasteiger partial charge on any atom is 0.213 e. The molecule has 2 aromatic rings. The van der Waals surface area contributed by atoms with E-state index >= 15 is 0 Å². The Bertz CT molecular complexity index is 874. The van der Waals surface area contributed by atoms with Crippen molar-refractivity contribution in [3.8, 4) is 0 Å². The molecule has 162 valence electrons. The van der Waals surface area contributed by atoms with E-state index in [0.717, 1.165) is 37.6 Å². The standard InChI is InChI=1S/C24H33N2O3P/c1-5-24(25(3)4,18-20-8-6-19(2)7-9-20)23(27)30(28)22-12-10-21(11-13-22)26-14-16-29-17-15-26/h6-13,30H,5,14-18H2,1-4H3. The summed E-state index contributed by atoms with van der Waals surface area (Å²) >= 11 is 0. The molecule has 1 fully saturated rings. The molecule has 2 aromatic carbocycles. The third kappa shape index (κ3) is 4.85. The number of nitrogens with zero attached hydrogens (tertiary/aromatic N) is 2. The van der Waals surface area contributed by atoms with Gasteiger partial charge in [-0.05, 0) is 63.7 Å². The number of benzene rings is 2. The van der Waals surface area contributed by atoms with E-state index in [1.807, 2.05) is 57.1 Å². The smallest absolute Gasteiger partial charge is 0.213 e. The van der Waals surface area contributed by atoms with E-state index < -0.39 is 13.3 Å². The van der Waals surface area contributed by atoms with Crippen LogP contribution in [0.4, 0.5) is 5.69 Å². The van der Waals surface area contributed by atoms with Crippen LogP contribution in [-0.2, 0) is 20.5 Å². The van der Waals surface area contributed by atoms with Crippen LogP contribution in [-0.4, -0.2) is 56.4 Å². The number of hydrogen-bond acceptors (Lipinski definition) is 5. The Kier molecular flexibility index (Phi) is 7.51. The molecule has 30 heavy (non-hydrogen) atoms. The van der Waals surface area contributed by atoms with Crippen LogP contribution in [0.15, 0.2) is 48.5 Å². The lowest BCUT2D eigenvalue weighted by molar-refractivity contribution is -0.121. The number of likely N-dealkylation sites (N-methyl/N-ethyl adjacent to an activating group) is 1. The number of hydrogen-bond donors (Lipinski definition) is 0. The SMILES string of the molecule is CCC(Cc1ccc(C)cc1)(C(=O)[PH](=O)c1ccc(N2CCOCC2)cc1)N(C)C. The van der Waals surface area contributed by atoms with Crippen molar-refractivity contribution in [1.82, 2.24) is 4.90 Å². The fourth-order valence-corrected chi connectivity index (χ4v) is 5.72. The number of morpholine rings is 1. The van der Waals surface area contributed by atoms with E-state index in [1.54, 1.807) is 0 Å². The lowest BCUT2D eigenvalue weighted by Gasteiger charge is -2.38. The molecule has 5 nitrogen and oxygen atoms in total. The summed E-state index contributed by atoms with van der Waals surface area (Å²) < 4.78 is 18.8. The Morgan fingerprint density at radius 3 is 2.20 bits per heavy atom. The van der Waals surface area contributed by atoms with Crippen molar-refractivity contribution in [3.05, 3.63) is 59.7 Å². The van der Waals surface area contributed by atoms with Gasteiger partial charge in [0.1, 0.15) is 0 Å². The lowest BCUT2D eigenvalue weighted by atomic mass is 9.88. The molecule has 6 heteroatoms. The molecule has 1 saturated heterocycles. The van der Waals surface area contributed by atoms with E-state index in [9.17, 15) is 9.36 Å². The van der Waals surface area contributed by atoms with Gasteiger partial charge in [0.2, 0.25) is 5.52 Å². The summed E-state index contributed by atoms with van der Waals surface area (Å²) in [7, 11) is 1.21. The molecule has 2 atom stereocenters. The summed E-state index contributed by atoms with van der Waals surface area (Å²) in [4.78, 5) is 17.8. The van der Waals surface area contributed by atoms with Crippen LogP contribution in [0.1, 0.15) is 24.5 Å². The fourth-order valence-electron chi connectivity index (χ4n) is 4.07. The summed E-state index contributed by atoms with van der Waals surface area (Å²) in [5.41, 5.74) is 2.40. The molecule has 2 unspecified atom stereocenters. The fraction of sp³-hybridized carbons (Fsp3) is 0.458. The first-order valence-electron chi connectivity index (χ1n) is 10.6. The predicted octanol–water partition coefficient (Wildman–Crippen LogP) is 3.50. The first kappa shape index (κ1) is 22.7. The minimum atomic E-state index is -2.61. The van der Waals surface area contributed by atoms with Crippen molar-refractivity contribution in [2.45, 2.75) is 32.2 Å². The Labute approximate surface area is 180 Å². The summed E-state index contributed by atoms with van der Waals surface area (Å²) in [5, 5.41) is 0.630. The Hall–Kier alpha value is -1.94. The van der Waals surface area contributed by atoms with Crippen LogP contribution >= 0.6 is 7.80 Å². The van der Waals surface area contributed by atoms with E-state index in [1.165, 1.54) is 5.56 Å². The minimum absolute atomic E-state index is 0.167. The summed E-state index contributed by atoms with van der Waals surface area (Å²) in [5.74, 6) is 0.